The number of carbonyl (C=O) groups excluding carboxylic acids is 1. The molecular weight excluding hydrogens is 324 g/mol. The van der Waals surface area contributed by atoms with Crippen LogP contribution in [-0.4, -0.2) is 38.8 Å². The van der Waals surface area contributed by atoms with Crippen molar-refractivity contribution in [2.75, 3.05) is 42.6 Å². The van der Waals surface area contributed by atoms with Gasteiger partial charge in [-0.2, -0.15) is 0 Å². The molecule has 3 aliphatic rings. The topological polar surface area (TPSA) is 32.8 Å². The summed E-state index contributed by atoms with van der Waals surface area (Å²) >= 11 is 0. The van der Waals surface area contributed by atoms with Crippen LogP contribution in [0, 0.1) is 0 Å². The van der Waals surface area contributed by atoms with E-state index in [1.165, 1.54) is 11.3 Å². The Bertz CT molecular complexity index is 880. The van der Waals surface area contributed by atoms with E-state index in [2.05, 4.69) is 47.4 Å². The molecule has 4 heteroatoms. The molecule has 1 saturated heterocycles. The smallest absolute Gasteiger partial charge is 0.259 e. The molecule has 0 aromatic heterocycles. The third-order valence-electron chi connectivity index (χ3n) is 5.56. The van der Waals surface area contributed by atoms with Crippen molar-refractivity contribution in [3.63, 3.8) is 0 Å². The summed E-state index contributed by atoms with van der Waals surface area (Å²) in [4.78, 5) is 17.2. The lowest BCUT2D eigenvalue weighted by Crippen LogP contribution is -2.36. The highest BCUT2D eigenvalue weighted by atomic mass is 16.5. The van der Waals surface area contributed by atoms with E-state index in [9.17, 15) is 4.79 Å². The van der Waals surface area contributed by atoms with Crippen LogP contribution < -0.4 is 9.80 Å². The number of ether oxygens (including phenoxy) is 1. The van der Waals surface area contributed by atoms with Crippen LogP contribution in [-0.2, 0) is 16.0 Å². The van der Waals surface area contributed by atoms with Gasteiger partial charge in [-0.25, -0.2) is 0 Å². The van der Waals surface area contributed by atoms with E-state index in [1.807, 2.05) is 11.0 Å². The molecule has 0 unspecified atom stereocenters. The monoisotopic (exact) mass is 346 g/mol. The second-order valence-electron chi connectivity index (χ2n) is 7.12. The molecule has 26 heavy (non-hydrogen) atoms. The lowest BCUT2D eigenvalue weighted by molar-refractivity contribution is -0.113. The minimum absolute atomic E-state index is 0.143. The molecule has 132 valence electrons. The van der Waals surface area contributed by atoms with Crippen LogP contribution in [0.5, 0.6) is 0 Å². The lowest BCUT2D eigenvalue weighted by atomic mass is 9.98. The fourth-order valence-corrected chi connectivity index (χ4v) is 4.24. The highest BCUT2D eigenvalue weighted by Crippen LogP contribution is 2.42. The van der Waals surface area contributed by atoms with E-state index in [-0.39, 0.29) is 5.91 Å². The zero-order chi connectivity index (χ0) is 17.5. The highest BCUT2D eigenvalue weighted by Gasteiger charge is 2.35. The molecule has 2 aromatic carbocycles. The molecule has 0 radical (unpaired) electrons. The molecule has 0 bridgehead atoms. The lowest BCUT2D eigenvalue weighted by Gasteiger charge is -2.28. The zero-order valence-corrected chi connectivity index (χ0v) is 14.8. The molecule has 3 heterocycles. The van der Waals surface area contributed by atoms with E-state index in [0.29, 0.717) is 0 Å². The van der Waals surface area contributed by atoms with Crippen molar-refractivity contribution < 1.29 is 9.53 Å². The Morgan fingerprint density at radius 2 is 1.77 bits per heavy atom. The third kappa shape index (κ3) is 2.53. The SMILES string of the molecule is O=C1/C(=C\c2ccc(N3CCOCC3)cc2)c2cccc3c2N1CCC3. The summed E-state index contributed by atoms with van der Waals surface area (Å²) in [6, 6.07) is 14.8. The quantitative estimate of drug-likeness (QED) is 0.782. The number of benzene rings is 2. The van der Waals surface area contributed by atoms with Gasteiger partial charge in [0.2, 0.25) is 0 Å². The van der Waals surface area contributed by atoms with Gasteiger partial charge >= 0.3 is 0 Å². The van der Waals surface area contributed by atoms with Crippen molar-refractivity contribution in [2.45, 2.75) is 12.8 Å². The molecule has 0 atom stereocenters. The number of amides is 1. The van der Waals surface area contributed by atoms with Gasteiger partial charge in [-0.1, -0.05) is 30.3 Å². The standard InChI is InChI=1S/C22H22N2O2/c25-22-20(19-5-1-3-17-4-2-10-24(22)21(17)19)15-16-6-8-18(9-7-16)23-11-13-26-14-12-23/h1,3,5-9,15H,2,4,10-14H2/b20-15-. The van der Waals surface area contributed by atoms with E-state index >= 15 is 0 Å². The first kappa shape index (κ1) is 15.6. The molecule has 5 rings (SSSR count). The number of para-hydroxylation sites is 1. The maximum absolute atomic E-state index is 12.9. The van der Waals surface area contributed by atoms with Gasteiger partial charge in [-0.3, -0.25) is 4.79 Å². The molecule has 0 aliphatic carbocycles. The molecule has 0 N–H and O–H groups in total. The average molecular weight is 346 g/mol. The van der Waals surface area contributed by atoms with Crippen molar-refractivity contribution in [1.82, 2.24) is 0 Å². The van der Waals surface area contributed by atoms with E-state index < -0.39 is 0 Å². The molecule has 1 amide bonds. The van der Waals surface area contributed by atoms with Crippen LogP contribution in [0.15, 0.2) is 42.5 Å². The molecule has 1 fully saturated rings. The van der Waals surface area contributed by atoms with Gasteiger partial charge in [0.15, 0.2) is 0 Å². The van der Waals surface area contributed by atoms with Crippen LogP contribution in [0.4, 0.5) is 11.4 Å². The van der Waals surface area contributed by atoms with Gasteiger partial charge < -0.3 is 14.5 Å². The highest BCUT2D eigenvalue weighted by molar-refractivity contribution is 6.36. The Morgan fingerprint density at radius 1 is 0.962 bits per heavy atom. The van der Waals surface area contributed by atoms with E-state index in [4.69, 9.17) is 4.74 Å². The molecular formula is C22H22N2O2. The predicted molar refractivity (Wildman–Crippen MR) is 104 cm³/mol. The Kier molecular flexibility index (Phi) is 3.79. The summed E-state index contributed by atoms with van der Waals surface area (Å²) in [6.07, 6.45) is 4.15. The largest absolute Gasteiger partial charge is 0.378 e. The van der Waals surface area contributed by atoms with Crippen LogP contribution in [0.3, 0.4) is 0 Å². The molecule has 3 aliphatic heterocycles. The number of morpholine rings is 1. The van der Waals surface area contributed by atoms with Gasteiger partial charge in [0, 0.05) is 36.5 Å². The van der Waals surface area contributed by atoms with Crippen molar-refractivity contribution in [3.8, 4) is 0 Å². The van der Waals surface area contributed by atoms with Crippen molar-refractivity contribution >= 4 is 28.9 Å². The first-order valence-electron chi connectivity index (χ1n) is 9.40. The van der Waals surface area contributed by atoms with E-state index in [0.717, 1.165) is 68.1 Å². The summed E-state index contributed by atoms with van der Waals surface area (Å²) in [5.74, 6) is 0.143. The maximum atomic E-state index is 12.9. The zero-order valence-electron chi connectivity index (χ0n) is 14.8. The molecule has 0 saturated carbocycles. The number of carbonyl (C=O) groups is 1. The van der Waals surface area contributed by atoms with Crippen LogP contribution >= 0.6 is 0 Å². The number of hydrogen-bond acceptors (Lipinski definition) is 3. The number of hydrogen-bond donors (Lipinski definition) is 0. The second-order valence-corrected chi connectivity index (χ2v) is 7.12. The first-order valence-corrected chi connectivity index (χ1v) is 9.40. The summed E-state index contributed by atoms with van der Waals surface area (Å²) in [5.41, 5.74) is 6.64. The Labute approximate surface area is 153 Å². The third-order valence-corrected chi connectivity index (χ3v) is 5.56. The second kappa shape index (κ2) is 6.29. The number of rotatable bonds is 2. The van der Waals surface area contributed by atoms with Crippen molar-refractivity contribution in [1.29, 1.82) is 0 Å². The summed E-state index contributed by atoms with van der Waals surface area (Å²) < 4.78 is 5.42. The number of anilines is 2. The summed E-state index contributed by atoms with van der Waals surface area (Å²) in [6.45, 7) is 4.27. The van der Waals surface area contributed by atoms with Gasteiger partial charge in [0.1, 0.15) is 0 Å². The van der Waals surface area contributed by atoms with Crippen LogP contribution in [0.1, 0.15) is 23.1 Å². The van der Waals surface area contributed by atoms with Gasteiger partial charge in [0.05, 0.1) is 18.9 Å². The van der Waals surface area contributed by atoms with Gasteiger partial charge in [0.25, 0.3) is 5.91 Å². The van der Waals surface area contributed by atoms with Crippen molar-refractivity contribution in [2.24, 2.45) is 0 Å². The van der Waals surface area contributed by atoms with E-state index in [1.54, 1.807) is 0 Å². The molecule has 4 nitrogen and oxygen atoms in total. The number of nitrogens with zero attached hydrogens (tertiary/aromatic N) is 2. The normalized spacial score (nSPS) is 20.6. The van der Waals surface area contributed by atoms with Crippen LogP contribution in [0.2, 0.25) is 0 Å². The van der Waals surface area contributed by atoms with Gasteiger partial charge in [-0.05, 0) is 42.2 Å². The Morgan fingerprint density at radius 3 is 2.58 bits per heavy atom. The fourth-order valence-electron chi connectivity index (χ4n) is 4.24. The predicted octanol–water partition coefficient (Wildman–Crippen LogP) is 3.36. The first-order chi connectivity index (χ1) is 12.8. The summed E-state index contributed by atoms with van der Waals surface area (Å²) in [5, 5.41) is 0. The minimum atomic E-state index is 0.143. The Balaban J connectivity index is 1.48. The van der Waals surface area contributed by atoms with Crippen LogP contribution in [0.25, 0.3) is 11.6 Å². The minimum Gasteiger partial charge on any atom is -0.378 e. The molecule has 2 aromatic rings. The van der Waals surface area contributed by atoms with Crippen molar-refractivity contribution in [3.05, 3.63) is 59.2 Å². The molecule has 0 spiro atoms. The average Bonchev–Trinajstić information content (AvgIpc) is 2.97. The number of aryl methyl sites for hydroxylation is 1. The Hall–Kier alpha value is -2.59. The summed E-state index contributed by atoms with van der Waals surface area (Å²) in [7, 11) is 0. The maximum Gasteiger partial charge on any atom is 0.259 e. The fraction of sp³-hybridized carbons (Fsp3) is 0.318. The van der Waals surface area contributed by atoms with Gasteiger partial charge in [-0.15, -0.1) is 0 Å².